The number of aliphatic hydroxyl groups is 1. The number of fused-ring (bicyclic) bond motifs is 1. The fraction of sp³-hybridized carbons (Fsp3) is 0.200. The highest BCUT2D eigenvalue weighted by molar-refractivity contribution is 5.85. The molecule has 0 amide bonds. The van der Waals surface area contributed by atoms with E-state index in [1.165, 1.54) is 0 Å². The molecule has 0 aliphatic heterocycles. The van der Waals surface area contributed by atoms with Gasteiger partial charge in [0.05, 0.1) is 12.6 Å². The average Bonchev–Trinajstić information content (AvgIpc) is 2.60. The second kappa shape index (κ2) is 4.46. The van der Waals surface area contributed by atoms with Crippen LogP contribution >= 0.6 is 12.4 Å². The number of aromatic nitrogens is 1. The van der Waals surface area contributed by atoms with Crippen molar-refractivity contribution in [1.29, 1.82) is 0 Å². The number of aromatic amines is 1. The number of hydrogen-bond donors (Lipinski definition) is 3. The molecule has 4 N–H and O–H groups in total. The third-order valence-electron chi connectivity index (χ3n) is 2.22. The van der Waals surface area contributed by atoms with Gasteiger partial charge in [-0.05, 0) is 11.6 Å². The van der Waals surface area contributed by atoms with E-state index in [-0.39, 0.29) is 25.1 Å². The number of halogens is 1. The smallest absolute Gasteiger partial charge is 0.0625 e. The van der Waals surface area contributed by atoms with Crippen LogP contribution in [0.4, 0.5) is 0 Å². The Bertz CT molecular complexity index is 413. The van der Waals surface area contributed by atoms with Crippen LogP contribution in [0.15, 0.2) is 30.5 Å². The van der Waals surface area contributed by atoms with E-state index in [4.69, 9.17) is 10.8 Å². The molecule has 2 aromatic rings. The lowest BCUT2D eigenvalue weighted by Crippen LogP contribution is -2.13. The first-order valence-electron chi connectivity index (χ1n) is 4.25. The monoisotopic (exact) mass is 212 g/mol. The van der Waals surface area contributed by atoms with Crippen molar-refractivity contribution in [3.63, 3.8) is 0 Å². The molecule has 2 rings (SSSR count). The van der Waals surface area contributed by atoms with Gasteiger partial charge in [0.2, 0.25) is 0 Å². The van der Waals surface area contributed by atoms with E-state index in [1.807, 2.05) is 30.5 Å². The van der Waals surface area contributed by atoms with Crippen molar-refractivity contribution in [3.05, 3.63) is 36.0 Å². The van der Waals surface area contributed by atoms with Gasteiger partial charge in [0.15, 0.2) is 0 Å². The Morgan fingerprint density at radius 1 is 1.36 bits per heavy atom. The van der Waals surface area contributed by atoms with Crippen LogP contribution in [0.3, 0.4) is 0 Å². The molecule has 0 saturated carbocycles. The zero-order chi connectivity index (χ0) is 9.26. The van der Waals surface area contributed by atoms with E-state index in [2.05, 4.69) is 4.98 Å². The lowest BCUT2D eigenvalue weighted by Gasteiger charge is -2.05. The summed E-state index contributed by atoms with van der Waals surface area (Å²) in [6.07, 6.45) is 1.85. The number of rotatable bonds is 2. The molecule has 0 aliphatic carbocycles. The van der Waals surface area contributed by atoms with Gasteiger partial charge >= 0.3 is 0 Å². The minimum Gasteiger partial charge on any atom is -0.394 e. The molecular weight excluding hydrogens is 200 g/mol. The van der Waals surface area contributed by atoms with Gasteiger partial charge in [0.1, 0.15) is 0 Å². The van der Waals surface area contributed by atoms with Crippen LogP contribution in [0.25, 0.3) is 10.9 Å². The Morgan fingerprint density at radius 3 is 2.79 bits per heavy atom. The highest BCUT2D eigenvalue weighted by Gasteiger charge is 2.09. The highest BCUT2D eigenvalue weighted by atomic mass is 35.5. The van der Waals surface area contributed by atoms with Gasteiger partial charge in [-0.25, -0.2) is 0 Å². The lowest BCUT2D eigenvalue weighted by molar-refractivity contribution is 0.268. The summed E-state index contributed by atoms with van der Waals surface area (Å²) in [6, 6.07) is 7.62. The Kier molecular flexibility index (Phi) is 3.52. The summed E-state index contributed by atoms with van der Waals surface area (Å²) in [7, 11) is 0. The molecule has 0 bridgehead atoms. The molecule has 4 heteroatoms. The highest BCUT2D eigenvalue weighted by Crippen LogP contribution is 2.21. The third-order valence-corrected chi connectivity index (χ3v) is 2.22. The number of para-hydroxylation sites is 1. The summed E-state index contributed by atoms with van der Waals surface area (Å²) < 4.78 is 0. The SMILES string of the molecule is Cl.N[C@H](CO)c1c[nH]c2ccccc12. The third kappa shape index (κ3) is 1.75. The van der Waals surface area contributed by atoms with Gasteiger partial charge in [0.25, 0.3) is 0 Å². The van der Waals surface area contributed by atoms with Gasteiger partial charge in [-0.1, -0.05) is 18.2 Å². The lowest BCUT2D eigenvalue weighted by atomic mass is 10.1. The van der Waals surface area contributed by atoms with E-state index in [1.54, 1.807) is 0 Å². The van der Waals surface area contributed by atoms with Gasteiger partial charge in [-0.15, -0.1) is 12.4 Å². The maximum absolute atomic E-state index is 8.93. The molecule has 76 valence electrons. The van der Waals surface area contributed by atoms with E-state index in [9.17, 15) is 0 Å². The van der Waals surface area contributed by atoms with Crippen LogP contribution < -0.4 is 5.73 Å². The molecule has 3 nitrogen and oxygen atoms in total. The number of benzene rings is 1. The van der Waals surface area contributed by atoms with Crippen LogP contribution in [-0.2, 0) is 0 Å². The van der Waals surface area contributed by atoms with E-state index in [0.29, 0.717) is 0 Å². The van der Waals surface area contributed by atoms with Crippen LogP contribution in [0.1, 0.15) is 11.6 Å². The summed E-state index contributed by atoms with van der Waals surface area (Å²) >= 11 is 0. The van der Waals surface area contributed by atoms with Crippen LogP contribution in [0.2, 0.25) is 0 Å². The molecule has 0 unspecified atom stereocenters. The molecule has 1 aromatic heterocycles. The largest absolute Gasteiger partial charge is 0.394 e. The molecule has 0 spiro atoms. The molecule has 1 atom stereocenters. The zero-order valence-electron chi connectivity index (χ0n) is 7.60. The number of aliphatic hydroxyl groups excluding tert-OH is 1. The fourth-order valence-electron chi connectivity index (χ4n) is 1.50. The molecule has 0 radical (unpaired) electrons. The maximum atomic E-state index is 8.93. The van der Waals surface area contributed by atoms with E-state index in [0.717, 1.165) is 16.5 Å². The summed E-state index contributed by atoms with van der Waals surface area (Å²) in [5, 5.41) is 10.0. The van der Waals surface area contributed by atoms with Gasteiger partial charge in [-0.3, -0.25) is 0 Å². The quantitative estimate of drug-likeness (QED) is 0.708. The summed E-state index contributed by atoms with van der Waals surface area (Å²) in [6.45, 7) is -0.0259. The fourth-order valence-corrected chi connectivity index (χ4v) is 1.50. The number of hydrogen-bond acceptors (Lipinski definition) is 2. The predicted octanol–water partition coefficient (Wildman–Crippen LogP) is 1.58. The minimum absolute atomic E-state index is 0. The van der Waals surface area contributed by atoms with Crippen molar-refractivity contribution < 1.29 is 5.11 Å². The second-order valence-electron chi connectivity index (χ2n) is 3.08. The summed E-state index contributed by atoms with van der Waals surface area (Å²) in [5.74, 6) is 0. The van der Waals surface area contributed by atoms with Gasteiger partial charge in [-0.2, -0.15) is 0 Å². The number of H-pyrrole nitrogens is 1. The van der Waals surface area contributed by atoms with E-state index < -0.39 is 0 Å². The molecule has 0 aliphatic rings. The van der Waals surface area contributed by atoms with Crippen molar-refractivity contribution in [3.8, 4) is 0 Å². The van der Waals surface area contributed by atoms with Crippen molar-refractivity contribution in [2.24, 2.45) is 5.73 Å². The van der Waals surface area contributed by atoms with Crippen LogP contribution in [-0.4, -0.2) is 16.7 Å². The Balaban J connectivity index is 0.000000980. The first-order valence-corrected chi connectivity index (χ1v) is 4.25. The number of nitrogens with two attached hydrogens (primary N) is 1. The number of nitrogens with one attached hydrogen (secondary N) is 1. The van der Waals surface area contributed by atoms with E-state index >= 15 is 0 Å². The first-order chi connectivity index (χ1) is 6.33. The Hall–Kier alpha value is -1.03. The molecular formula is C10H13ClN2O. The van der Waals surface area contributed by atoms with Crippen LogP contribution in [0, 0.1) is 0 Å². The van der Waals surface area contributed by atoms with Gasteiger partial charge in [0, 0.05) is 17.1 Å². The van der Waals surface area contributed by atoms with Gasteiger partial charge < -0.3 is 15.8 Å². The summed E-state index contributed by atoms with van der Waals surface area (Å²) in [5.41, 5.74) is 7.76. The maximum Gasteiger partial charge on any atom is 0.0625 e. The van der Waals surface area contributed by atoms with Crippen molar-refractivity contribution >= 4 is 23.3 Å². The van der Waals surface area contributed by atoms with Crippen molar-refractivity contribution in [1.82, 2.24) is 4.98 Å². The normalized spacial score (nSPS) is 12.4. The van der Waals surface area contributed by atoms with Crippen molar-refractivity contribution in [2.45, 2.75) is 6.04 Å². The zero-order valence-corrected chi connectivity index (χ0v) is 8.42. The topological polar surface area (TPSA) is 62.0 Å². The molecule has 1 heterocycles. The second-order valence-corrected chi connectivity index (χ2v) is 3.08. The van der Waals surface area contributed by atoms with Crippen LogP contribution in [0.5, 0.6) is 0 Å². The Morgan fingerprint density at radius 2 is 2.07 bits per heavy atom. The minimum atomic E-state index is -0.295. The predicted molar refractivity (Wildman–Crippen MR) is 59.6 cm³/mol. The average molecular weight is 213 g/mol. The van der Waals surface area contributed by atoms with Crippen molar-refractivity contribution in [2.75, 3.05) is 6.61 Å². The Labute approximate surface area is 88.3 Å². The first kappa shape index (κ1) is 11.0. The summed E-state index contributed by atoms with van der Waals surface area (Å²) in [4.78, 5) is 3.11. The molecule has 0 fully saturated rings. The molecule has 14 heavy (non-hydrogen) atoms. The molecule has 1 aromatic carbocycles. The standard InChI is InChI=1S/C10H12N2O.ClH/c11-9(6-13)8-5-12-10-4-2-1-3-7(8)10;/h1-5,9,12-13H,6,11H2;1H/t9-;/m1./s1. The molecule has 0 saturated heterocycles.